The Bertz CT molecular complexity index is 607. The highest BCUT2D eigenvalue weighted by Gasteiger charge is 2.14. The first-order valence-corrected chi connectivity index (χ1v) is 6.18. The normalized spacial score (nSPS) is 10.2. The summed E-state index contributed by atoms with van der Waals surface area (Å²) in [4.78, 5) is 12.1. The van der Waals surface area contributed by atoms with Crippen LogP contribution < -0.4 is 11.1 Å². The predicted octanol–water partition coefficient (Wildman–Crippen LogP) is 2.80. The van der Waals surface area contributed by atoms with Crippen LogP contribution in [0.4, 0.5) is 11.4 Å². The van der Waals surface area contributed by atoms with Gasteiger partial charge in [0.1, 0.15) is 0 Å². The van der Waals surface area contributed by atoms with Crippen molar-refractivity contribution in [1.29, 1.82) is 0 Å². The van der Waals surface area contributed by atoms with Crippen molar-refractivity contribution in [2.24, 2.45) is 7.05 Å². The standard InChI is InChI=1S/C14H18N4O.ClH/c1-9(2)13-12(8-18(3)17-13)16-14(19)10-5-4-6-11(15)7-10;/h4-9H,15H2,1-3H3,(H,16,19);1H. The van der Waals surface area contributed by atoms with E-state index >= 15 is 0 Å². The highest BCUT2D eigenvalue weighted by Crippen LogP contribution is 2.22. The number of nitrogens with one attached hydrogen (secondary N) is 1. The molecule has 5 nitrogen and oxygen atoms in total. The monoisotopic (exact) mass is 294 g/mol. The molecule has 0 atom stereocenters. The van der Waals surface area contributed by atoms with Gasteiger partial charge in [-0.2, -0.15) is 5.10 Å². The summed E-state index contributed by atoms with van der Waals surface area (Å²) in [7, 11) is 1.84. The van der Waals surface area contributed by atoms with Gasteiger partial charge >= 0.3 is 0 Å². The lowest BCUT2D eigenvalue weighted by atomic mass is 10.1. The van der Waals surface area contributed by atoms with Crippen molar-refractivity contribution in [2.45, 2.75) is 19.8 Å². The molecule has 1 heterocycles. The molecule has 0 saturated carbocycles. The fraction of sp³-hybridized carbons (Fsp3) is 0.286. The van der Waals surface area contributed by atoms with Crippen LogP contribution in [0.15, 0.2) is 30.5 Å². The number of aromatic nitrogens is 2. The smallest absolute Gasteiger partial charge is 0.255 e. The third-order valence-electron chi connectivity index (χ3n) is 2.80. The highest BCUT2D eigenvalue weighted by molar-refractivity contribution is 6.05. The number of halogens is 1. The van der Waals surface area contributed by atoms with Gasteiger partial charge in [-0.05, 0) is 24.1 Å². The molecule has 0 aliphatic carbocycles. The Kier molecular flexibility index (Phi) is 5.16. The summed E-state index contributed by atoms with van der Waals surface area (Å²) in [5.74, 6) is 0.0690. The van der Waals surface area contributed by atoms with Gasteiger partial charge in [0.25, 0.3) is 5.91 Å². The summed E-state index contributed by atoms with van der Waals surface area (Å²) in [5, 5.41) is 7.23. The third-order valence-corrected chi connectivity index (χ3v) is 2.80. The van der Waals surface area contributed by atoms with Gasteiger partial charge < -0.3 is 11.1 Å². The van der Waals surface area contributed by atoms with Crippen molar-refractivity contribution in [1.82, 2.24) is 9.78 Å². The van der Waals surface area contributed by atoms with E-state index in [-0.39, 0.29) is 24.2 Å². The summed E-state index contributed by atoms with van der Waals surface area (Å²) in [5.41, 5.74) is 8.40. The van der Waals surface area contributed by atoms with E-state index in [1.807, 2.05) is 20.9 Å². The third kappa shape index (κ3) is 3.51. The Balaban J connectivity index is 0.00000200. The number of carbonyl (C=O) groups excluding carboxylic acids is 1. The topological polar surface area (TPSA) is 72.9 Å². The number of nitrogen functional groups attached to an aromatic ring is 1. The molecule has 6 heteroatoms. The van der Waals surface area contributed by atoms with Crippen LogP contribution >= 0.6 is 12.4 Å². The molecule has 1 amide bonds. The highest BCUT2D eigenvalue weighted by atomic mass is 35.5. The molecule has 0 aliphatic heterocycles. The molecule has 1 aromatic heterocycles. The molecule has 2 rings (SSSR count). The number of aryl methyl sites for hydroxylation is 1. The Morgan fingerprint density at radius 3 is 2.70 bits per heavy atom. The molecular weight excluding hydrogens is 276 g/mol. The number of nitrogens with zero attached hydrogens (tertiary/aromatic N) is 2. The minimum atomic E-state index is -0.179. The number of nitrogens with two attached hydrogens (primary N) is 1. The van der Waals surface area contributed by atoms with Crippen molar-refractivity contribution < 1.29 is 4.79 Å². The summed E-state index contributed by atoms with van der Waals surface area (Å²) in [6.07, 6.45) is 1.81. The Morgan fingerprint density at radius 2 is 2.10 bits per heavy atom. The fourth-order valence-corrected chi connectivity index (χ4v) is 1.90. The predicted molar refractivity (Wildman–Crippen MR) is 83.4 cm³/mol. The Hall–Kier alpha value is -2.01. The van der Waals surface area contributed by atoms with Gasteiger partial charge in [-0.15, -0.1) is 12.4 Å². The van der Waals surface area contributed by atoms with Gasteiger partial charge in [-0.25, -0.2) is 0 Å². The molecule has 0 fully saturated rings. The molecule has 3 N–H and O–H groups in total. The van der Waals surface area contributed by atoms with Crippen LogP contribution in [0.2, 0.25) is 0 Å². The van der Waals surface area contributed by atoms with Crippen molar-refractivity contribution >= 4 is 29.7 Å². The van der Waals surface area contributed by atoms with Crippen LogP contribution in [-0.4, -0.2) is 15.7 Å². The molecule has 0 aliphatic rings. The van der Waals surface area contributed by atoms with Gasteiger partial charge in [0, 0.05) is 24.5 Å². The first-order valence-electron chi connectivity index (χ1n) is 6.18. The van der Waals surface area contributed by atoms with Crippen LogP contribution in [0.3, 0.4) is 0 Å². The molecule has 0 saturated heterocycles. The van der Waals surface area contributed by atoms with Gasteiger partial charge in [0.05, 0.1) is 11.4 Å². The van der Waals surface area contributed by atoms with Gasteiger partial charge in [0.2, 0.25) is 0 Å². The molecular formula is C14H19ClN4O. The Labute approximate surface area is 124 Å². The van der Waals surface area contributed by atoms with E-state index in [2.05, 4.69) is 10.4 Å². The number of hydrogen-bond donors (Lipinski definition) is 2. The van der Waals surface area contributed by atoms with Crippen LogP contribution in [0.1, 0.15) is 35.8 Å². The average Bonchev–Trinajstić information content (AvgIpc) is 2.70. The van der Waals surface area contributed by atoms with Crippen LogP contribution in [-0.2, 0) is 7.05 Å². The number of benzene rings is 1. The first kappa shape index (κ1) is 16.0. The van der Waals surface area contributed by atoms with E-state index < -0.39 is 0 Å². The number of rotatable bonds is 3. The van der Waals surface area contributed by atoms with E-state index in [9.17, 15) is 4.79 Å². The second kappa shape index (κ2) is 6.43. The zero-order valence-corrected chi connectivity index (χ0v) is 12.6. The van der Waals surface area contributed by atoms with Crippen molar-refractivity contribution in [2.75, 3.05) is 11.1 Å². The van der Waals surface area contributed by atoms with E-state index in [0.29, 0.717) is 11.3 Å². The largest absolute Gasteiger partial charge is 0.399 e. The molecule has 1 aromatic carbocycles. The minimum Gasteiger partial charge on any atom is -0.399 e. The van der Waals surface area contributed by atoms with E-state index in [1.54, 1.807) is 35.1 Å². The molecule has 2 aromatic rings. The lowest BCUT2D eigenvalue weighted by Crippen LogP contribution is -2.13. The van der Waals surface area contributed by atoms with Gasteiger partial charge in [-0.1, -0.05) is 19.9 Å². The lowest BCUT2D eigenvalue weighted by Gasteiger charge is -2.07. The quantitative estimate of drug-likeness (QED) is 0.855. The number of amides is 1. The van der Waals surface area contributed by atoms with Gasteiger partial charge in [0.15, 0.2) is 0 Å². The molecule has 20 heavy (non-hydrogen) atoms. The zero-order valence-electron chi connectivity index (χ0n) is 11.8. The minimum absolute atomic E-state index is 0. The molecule has 0 unspecified atom stereocenters. The summed E-state index contributed by atoms with van der Waals surface area (Å²) < 4.78 is 1.70. The molecule has 0 spiro atoms. The maximum atomic E-state index is 12.1. The first-order chi connectivity index (χ1) is 8.97. The molecule has 0 radical (unpaired) electrons. The van der Waals surface area contributed by atoms with Crippen LogP contribution in [0.25, 0.3) is 0 Å². The van der Waals surface area contributed by atoms with Crippen molar-refractivity contribution in [3.8, 4) is 0 Å². The Morgan fingerprint density at radius 1 is 1.40 bits per heavy atom. The summed E-state index contributed by atoms with van der Waals surface area (Å²) >= 11 is 0. The fourth-order valence-electron chi connectivity index (χ4n) is 1.90. The lowest BCUT2D eigenvalue weighted by molar-refractivity contribution is 0.102. The van der Waals surface area contributed by atoms with Crippen molar-refractivity contribution in [3.63, 3.8) is 0 Å². The SMILES string of the molecule is CC(C)c1nn(C)cc1NC(=O)c1cccc(N)c1.Cl. The summed E-state index contributed by atoms with van der Waals surface area (Å²) in [6, 6.07) is 6.90. The average molecular weight is 295 g/mol. The number of carbonyl (C=O) groups is 1. The van der Waals surface area contributed by atoms with E-state index in [4.69, 9.17) is 5.73 Å². The second-order valence-corrected chi connectivity index (χ2v) is 4.84. The molecule has 0 bridgehead atoms. The summed E-state index contributed by atoms with van der Waals surface area (Å²) in [6.45, 7) is 4.08. The number of hydrogen-bond acceptors (Lipinski definition) is 3. The zero-order chi connectivity index (χ0) is 14.0. The van der Waals surface area contributed by atoms with Crippen LogP contribution in [0.5, 0.6) is 0 Å². The van der Waals surface area contributed by atoms with Crippen molar-refractivity contribution in [3.05, 3.63) is 41.7 Å². The maximum absolute atomic E-state index is 12.1. The van der Waals surface area contributed by atoms with E-state index in [1.165, 1.54) is 0 Å². The number of anilines is 2. The van der Waals surface area contributed by atoms with Gasteiger partial charge in [-0.3, -0.25) is 9.48 Å². The second-order valence-electron chi connectivity index (χ2n) is 4.84. The van der Waals surface area contributed by atoms with E-state index in [0.717, 1.165) is 11.4 Å². The van der Waals surface area contributed by atoms with Crippen LogP contribution in [0, 0.1) is 0 Å². The molecule has 108 valence electrons. The maximum Gasteiger partial charge on any atom is 0.255 e.